The van der Waals surface area contributed by atoms with E-state index in [1.165, 1.54) is 13.2 Å². The Morgan fingerprint density at radius 3 is 2.21 bits per heavy atom. The van der Waals surface area contributed by atoms with Crippen LogP contribution < -0.4 is 10.1 Å². The number of para-hydroxylation sites is 1. The van der Waals surface area contributed by atoms with Crippen LogP contribution in [0.25, 0.3) is 6.08 Å². The molecule has 3 aromatic rings. The molecule has 1 N–H and O–H groups in total. The summed E-state index contributed by atoms with van der Waals surface area (Å²) < 4.78 is 10.4. The second-order valence-corrected chi connectivity index (χ2v) is 7.58. The van der Waals surface area contributed by atoms with Crippen molar-refractivity contribution in [2.45, 2.75) is 6.61 Å². The van der Waals surface area contributed by atoms with Gasteiger partial charge in [-0.05, 0) is 53.6 Å². The van der Waals surface area contributed by atoms with E-state index < -0.39 is 11.9 Å². The number of rotatable bonds is 7. The standard InChI is InChI=1S/C25H18Cl2N2O4/c1-32-25(31)18-9-5-17(6-10-18)15-33-20-11-7-16(8-12-20)13-19(14-28)24(30)29-23-21(26)3-2-4-22(23)27/h2-13H,15H2,1H3,(H,29,30)/b19-13+. The average Bonchev–Trinajstić information content (AvgIpc) is 2.84. The van der Waals surface area contributed by atoms with Gasteiger partial charge in [0.1, 0.15) is 24.0 Å². The lowest BCUT2D eigenvalue weighted by Crippen LogP contribution is -2.14. The van der Waals surface area contributed by atoms with Crippen LogP contribution in [0, 0.1) is 11.3 Å². The highest BCUT2D eigenvalue weighted by Gasteiger charge is 2.14. The number of ether oxygens (including phenoxy) is 2. The first-order valence-electron chi connectivity index (χ1n) is 9.68. The molecule has 8 heteroatoms. The topological polar surface area (TPSA) is 88.4 Å². The highest BCUT2D eigenvalue weighted by atomic mass is 35.5. The van der Waals surface area contributed by atoms with Crippen molar-refractivity contribution in [1.82, 2.24) is 0 Å². The number of carbonyl (C=O) groups is 2. The molecular formula is C25H18Cl2N2O4. The van der Waals surface area contributed by atoms with Gasteiger partial charge in [-0.25, -0.2) is 4.79 Å². The Bertz CT molecular complexity index is 1210. The highest BCUT2D eigenvalue weighted by molar-refractivity contribution is 6.40. The van der Waals surface area contributed by atoms with E-state index in [2.05, 4.69) is 10.1 Å². The molecule has 0 aliphatic heterocycles. The van der Waals surface area contributed by atoms with Crippen LogP contribution in [0.15, 0.2) is 72.3 Å². The van der Waals surface area contributed by atoms with Crippen molar-refractivity contribution in [3.63, 3.8) is 0 Å². The largest absolute Gasteiger partial charge is 0.489 e. The smallest absolute Gasteiger partial charge is 0.337 e. The Morgan fingerprint density at radius 1 is 1.00 bits per heavy atom. The third-order valence-electron chi connectivity index (χ3n) is 4.54. The van der Waals surface area contributed by atoms with E-state index in [-0.39, 0.29) is 21.3 Å². The van der Waals surface area contributed by atoms with E-state index in [0.717, 1.165) is 5.56 Å². The first kappa shape index (κ1) is 23.9. The van der Waals surface area contributed by atoms with Crippen LogP contribution in [0.5, 0.6) is 5.75 Å². The van der Waals surface area contributed by atoms with Gasteiger partial charge in [0, 0.05) is 0 Å². The van der Waals surface area contributed by atoms with Gasteiger partial charge in [0.2, 0.25) is 0 Å². The summed E-state index contributed by atoms with van der Waals surface area (Å²) in [6, 6.07) is 20.5. The van der Waals surface area contributed by atoms with E-state index in [4.69, 9.17) is 27.9 Å². The minimum atomic E-state index is -0.622. The third kappa shape index (κ3) is 6.36. The van der Waals surface area contributed by atoms with E-state index in [9.17, 15) is 14.9 Å². The van der Waals surface area contributed by atoms with Crippen molar-refractivity contribution in [3.8, 4) is 11.8 Å². The van der Waals surface area contributed by atoms with Gasteiger partial charge >= 0.3 is 5.97 Å². The molecule has 3 rings (SSSR count). The number of carbonyl (C=O) groups excluding carboxylic acids is 2. The summed E-state index contributed by atoms with van der Waals surface area (Å²) in [5.41, 5.74) is 2.13. The number of nitrogens with zero attached hydrogens (tertiary/aromatic N) is 1. The number of benzene rings is 3. The second kappa shape index (κ2) is 11.2. The van der Waals surface area contributed by atoms with Crippen molar-refractivity contribution >= 4 is 46.8 Å². The summed E-state index contributed by atoms with van der Waals surface area (Å²) in [4.78, 5) is 24.0. The Hall–Kier alpha value is -3.79. The minimum absolute atomic E-state index is 0.106. The number of nitriles is 1. The van der Waals surface area contributed by atoms with Gasteiger partial charge in [-0.2, -0.15) is 5.26 Å². The maximum absolute atomic E-state index is 12.5. The Balaban J connectivity index is 1.64. The molecule has 0 aromatic heterocycles. The molecule has 0 unspecified atom stereocenters. The highest BCUT2D eigenvalue weighted by Crippen LogP contribution is 2.30. The van der Waals surface area contributed by atoms with Crippen LogP contribution in [-0.2, 0) is 16.1 Å². The fraction of sp³-hybridized carbons (Fsp3) is 0.0800. The lowest BCUT2D eigenvalue weighted by Gasteiger charge is -2.09. The fourth-order valence-electron chi connectivity index (χ4n) is 2.80. The quantitative estimate of drug-likeness (QED) is 0.258. The summed E-state index contributed by atoms with van der Waals surface area (Å²) in [6.07, 6.45) is 1.45. The van der Waals surface area contributed by atoms with Crippen LogP contribution in [0.3, 0.4) is 0 Å². The van der Waals surface area contributed by atoms with E-state index in [1.807, 2.05) is 6.07 Å². The molecule has 0 saturated heterocycles. The molecule has 0 heterocycles. The summed E-state index contributed by atoms with van der Waals surface area (Å²) in [6.45, 7) is 0.307. The average molecular weight is 481 g/mol. The lowest BCUT2D eigenvalue weighted by molar-refractivity contribution is -0.112. The molecule has 33 heavy (non-hydrogen) atoms. The minimum Gasteiger partial charge on any atom is -0.489 e. The molecule has 0 radical (unpaired) electrons. The van der Waals surface area contributed by atoms with Crippen molar-refractivity contribution in [2.75, 3.05) is 12.4 Å². The maximum Gasteiger partial charge on any atom is 0.337 e. The van der Waals surface area contributed by atoms with Crippen LogP contribution >= 0.6 is 23.2 Å². The molecule has 166 valence electrons. The van der Waals surface area contributed by atoms with Crippen LogP contribution in [-0.4, -0.2) is 19.0 Å². The SMILES string of the molecule is COC(=O)c1ccc(COc2ccc(/C=C(\C#N)C(=O)Nc3c(Cl)cccc3Cl)cc2)cc1. The number of amides is 1. The number of halogens is 2. The zero-order valence-electron chi connectivity index (χ0n) is 17.5. The predicted molar refractivity (Wildman–Crippen MR) is 127 cm³/mol. The second-order valence-electron chi connectivity index (χ2n) is 6.77. The van der Waals surface area contributed by atoms with E-state index in [1.54, 1.807) is 66.7 Å². The molecule has 0 aliphatic carbocycles. The Morgan fingerprint density at radius 2 is 1.64 bits per heavy atom. The van der Waals surface area contributed by atoms with Gasteiger partial charge in [0.05, 0.1) is 28.4 Å². The van der Waals surface area contributed by atoms with Gasteiger partial charge < -0.3 is 14.8 Å². The third-order valence-corrected chi connectivity index (χ3v) is 5.17. The first-order chi connectivity index (χ1) is 15.9. The van der Waals surface area contributed by atoms with Gasteiger partial charge in [0.15, 0.2) is 0 Å². The molecule has 0 fully saturated rings. The number of nitrogens with one attached hydrogen (secondary N) is 1. The zero-order valence-corrected chi connectivity index (χ0v) is 19.0. The lowest BCUT2D eigenvalue weighted by atomic mass is 10.1. The summed E-state index contributed by atoms with van der Waals surface area (Å²) in [7, 11) is 1.33. The van der Waals surface area contributed by atoms with Crippen LogP contribution in [0.4, 0.5) is 5.69 Å². The molecule has 0 bridgehead atoms. The van der Waals surface area contributed by atoms with Gasteiger partial charge in [-0.15, -0.1) is 0 Å². The number of hydrogen-bond acceptors (Lipinski definition) is 5. The molecule has 6 nitrogen and oxygen atoms in total. The van der Waals surface area contributed by atoms with Gasteiger partial charge in [0.25, 0.3) is 5.91 Å². The summed E-state index contributed by atoms with van der Waals surface area (Å²) in [5, 5.41) is 12.5. The molecule has 3 aromatic carbocycles. The molecule has 0 atom stereocenters. The Labute approximate surface area is 201 Å². The molecule has 0 saturated carbocycles. The number of hydrogen-bond donors (Lipinski definition) is 1. The van der Waals surface area contributed by atoms with Crippen LogP contribution in [0.1, 0.15) is 21.5 Å². The van der Waals surface area contributed by atoms with E-state index >= 15 is 0 Å². The maximum atomic E-state index is 12.5. The number of esters is 1. The Kier molecular flexibility index (Phi) is 8.09. The van der Waals surface area contributed by atoms with E-state index in [0.29, 0.717) is 23.5 Å². The zero-order chi connectivity index (χ0) is 23.8. The monoisotopic (exact) mass is 480 g/mol. The van der Waals surface area contributed by atoms with Crippen molar-refractivity contribution in [1.29, 1.82) is 5.26 Å². The van der Waals surface area contributed by atoms with Crippen molar-refractivity contribution in [2.24, 2.45) is 0 Å². The first-order valence-corrected chi connectivity index (χ1v) is 10.4. The molecule has 1 amide bonds. The number of methoxy groups -OCH3 is 1. The van der Waals surface area contributed by atoms with Gasteiger partial charge in [-0.3, -0.25) is 4.79 Å². The summed E-state index contributed by atoms with van der Waals surface area (Å²) >= 11 is 12.1. The molecular weight excluding hydrogens is 463 g/mol. The van der Waals surface area contributed by atoms with Crippen LogP contribution in [0.2, 0.25) is 10.0 Å². The summed E-state index contributed by atoms with van der Waals surface area (Å²) in [5.74, 6) is -0.412. The normalized spacial score (nSPS) is 10.8. The molecule has 0 aliphatic rings. The predicted octanol–water partition coefficient (Wildman–Crippen LogP) is 5.90. The fourth-order valence-corrected chi connectivity index (χ4v) is 3.29. The van der Waals surface area contributed by atoms with Gasteiger partial charge in [-0.1, -0.05) is 53.5 Å². The number of anilines is 1. The van der Waals surface area contributed by atoms with Crippen molar-refractivity contribution in [3.05, 3.63) is 99.0 Å². The molecule has 0 spiro atoms. The van der Waals surface area contributed by atoms with Crippen molar-refractivity contribution < 1.29 is 19.1 Å².